The fourth-order valence-electron chi connectivity index (χ4n) is 10.0. The standard InChI is InChI=1S/C21H9Br2FO2S2.C17H17Br2FO4S2.C16H5Br2FO4S2.C15H5Br2FO3S2/c22-19-15-16(24)18(27-17(15)20(23)28-19)21(25)26-14-6-5-12-7-10-3-1-2-4-11(10)8-13(12)9-14;1-2-7-10(21)23-8-5-3-4-6-9-24-17(22)14-12(20)11-13(25-14)16(19)26-15(11)18;17-14-10-11(19)13(24-12(10)15(18)25-14)16(21)22-7-2-3-8-6(5-7)1-4-9(20)23-8;16-13-9-10(18)12(22-11(9)14(17)23-13)15(20)21-6-2-1-5-3-8(19)7(5)4-6/h1-9H;2,7H,3-6,8-9H2,1H3;1-5H;1-2,4H,3H2/b;7-2+;;. The van der Waals surface area contributed by atoms with E-state index in [4.69, 9.17) is 28.1 Å². The number of hydrogen-bond acceptors (Lipinski definition) is 21. The van der Waals surface area contributed by atoms with Crippen LogP contribution in [0.5, 0.6) is 17.2 Å². The summed E-state index contributed by atoms with van der Waals surface area (Å²) in [6, 6.07) is 30.0. The van der Waals surface area contributed by atoms with Gasteiger partial charge in [-0.1, -0.05) is 42.5 Å². The smallest absolute Gasteiger partial charge is 0.356 e. The molecule has 102 heavy (non-hydrogen) atoms. The minimum Gasteiger partial charge on any atom is -0.463 e. The number of fused-ring (bicyclic) bond motifs is 8. The van der Waals surface area contributed by atoms with E-state index in [1.807, 2.05) is 24.3 Å². The van der Waals surface area contributed by atoms with Crippen molar-refractivity contribution in [1.29, 1.82) is 0 Å². The van der Waals surface area contributed by atoms with E-state index in [0.717, 1.165) is 107 Å². The highest BCUT2D eigenvalue weighted by molar-refractivity contribution is 9.13. The van der Waals surface area contributed by atoms with Crippen molar-refractivity contribution in [2.45, 2.75) is 39.0 Å². The molecule has 0 N–H and O–H groups in total. The second kappa shape index (κ2) is 33.3. The van der Waals surface area contributed by atoms with E-state index >= 15 is 0 Å². The zero-order valence-corrected chi connectivity index (χ0v) is 70.2. The van der Waals surface area contributed by atoms with Crippen molar-refractivity contribution in [3.63, 3.8) is 0 Å². The molecule has 13 nitrogen and oxygen atoms in total. The molecule has 33 heteroatoms. The Morgan fingerprint density at radius 3 is 1.27 bits per heavy atom. The summed E-state index contributed by atoms with van der Waals surface area (Å²) < 4.78 is 97.7. The third-order valence-electron chi connectivity index (χ3n) is 14.8. The topological polar surface area (TPSA) is 179 Å². The van der Waals surface area contributed by atoms with Gasteiger partial charge in [-0.25, -0.2) is 46.3 Å². The van der Waals surface area contributed by atoms with Crippen LogP contribution in [0.2, 0.25) is 0 Å². The van der Waals surface area contributed by atoms with E-state index in [0.29, 0.717) is 97.2 Å². The maximum atomic E-state index is 14.7. The van der Waals surface area contributed by atoms with Crippen LogP contribution in [-0.2, 0) is 20.7 Å². The Bertz CT molecular complexity index is 5820. The van der Waals surface area contributed by atoms with E-state index < -0.39 is 52.8 Å². The summed E-state index contributed by atoms with van der Waals surface area (Å²) in [4.78, 5) is 82.8. The molecule has 1 aliphatic rings. The van der Waals surface area contributed by atoms with Crippen molar-refractivity contribution >= 4 is 327 Å². The van der Waals surface area contributed by atoms with Crippen LogP contribution in [0.1, 0.15) is 87.2 Å². The van der Waals surface area contributed by atoms with Gasteiger partial charge in [0.1, 0.15) is 42.3 Å². The number of unbranched alkanes of at least 4 members (excludes halogenated alkanes) is 3. The van der Waals surface area contributed by atoms with Crippen molar-refractivity contribution in [2.24, 2.45) is 0 Å². The molecule has 0 saturated heterocycles. The number of carbonyl (C=O) groups excluding carboxylic acids is 6. The Balaban J connectivity index is 0.000000129. The maximum absolute atomic E-state index is 14.7. The zero-order valence-electron chi connectivity index (χ0n) is 51.0. The Kier molecular flexibility index (Phi) is 24.9. The molecule has 14 aromatic rings. The van der Waals surface area contributed by atoms with Gasteiger partial charge in [-0.15, -0.1) is 90.7 Å². The monoisotopic (exact) mass is 2040 g/mol. The number of carbonyl (C=O) groups is 6. The largest absolute Gasteiger partial charge is 0.463 e. The van der Waals surface area contributed by atoms with E-state index in [1.165, 1.54) is 75.7 Å². The number of benzene rings is 5. The van der Waals surface area contributed by atoms with Crippen LogP contribution >= 0.6 is 218 Å². The number of hydrogen-bond donors (Lipinski definition) is 0. The lowest BCUT2D eigenvalue weighted by Crippen LogP contribution is -2.19. The summed E-state index contributed by atoms with van der Waals surface area (Å²) in [7, 11) is 0. The lowest BCUT2D eigenvalue weighted by Gasteiger charge is -2.17. The normalized spacial score (nSPS) is 11.8. The third kappa shape index (κ3) is 16.6. The number of thiophene rings is 8. The molecule has 522 valence electrons. The van der Waals surface area contributed by atoms with Gasteiger partial charge < -0.3 is 28.1 Å². The molecule has 1 aliphatic carbocycles. The molecule has 0 spiro atoms. The van der Waals surface area contributed by atoms with E-state index in [9.17, 15) is 51.1 Å². The van der Waals surface area contributed by atoms with Gasteiger partial charge in [-0.3, -0.25) is 4.79 Å². The van der Waals surface area contributed by atoms with E-state index in [1.54, 1.807) is 49.4 Å². The summed E-state index contributed by atoms with van der Waals surface area (Å²) in [6.45, 7) is 2.37. The first-order chi connectivity index (χ1) is 48.8. The molecule has 0 bridgehead atoms. The lowest BCUT2D eigenvalue weighted by molar-refractivity contribution is -0.137. The number of esters is 5. The Morgan fingerprint density at radius 1 is 0.431 bits per heavy atom. The summed E-state index contributed by atoms with van der Waals surface area (Å²) in [5.41, 5.74) is 1.41. The average Bonchev–Trinajstić information content (AvgIpc) is 1.58. The molecule has 0 atom stereocenters. The van der Waals surface area contributed by atoms with Gasteiger partial charge in [-0.05, 0) is 248 Å². The predicted molar refractivity (Wildman–Crippen MR) is 428 cm³/mol. The molecule has 0 radical (unpaired) electrons. The van der Waals surface area contributed by atoms with Crippen LogP contribution in [0, 0.1) is 23.3 Å². The van der Waals surface area contributed by atoms with Crippen LogP contribution in [-0.4, -0.2) is 48.8 Å². The second-order valence-corrected chi connectivity index (χ2v) is 40.1. The molecule has 0 aliphatic heterocycles. The van der Waals surface area contributed by atoms with Crippen LogP contribution in [0.4, 0.5) is 17.6 Å². The first-order valence-corrected chi connectivity index (χ1v) is 42.2. The minimum atomic E-state index is -0.778. The average molecular weight is 2040 g/mol. The van der Waals surface area contributed by atoms with Gasteiger partial charge in [0.2, 0.25) is 0 Å². The van der Waals surface area contributed by atoms with Gasteiger partial charge in [0.05, 0.1) is 83.8 Å². The highest BCUT2D eigenvalue weighted by atomic mass is 79.9. The maximum Gasteiger partial charge on any atom is 0.356 e. The highest BCUT2D eigenvalue weighted by Gasteiger charge is 2.31. The number of allylic oxidation sites excluding steroid dienone is 1. The highest BCUT2D eigenvalue weighted by Crippen LogP contribution is 2.50. The van der Waals surface area contributed by atoms with E-state index in [2.05, 4.69) is 146 Å². The third-order valence-corrected chi connectivity index (χ3v) is 31.1. The molecule has 0 amide bonds. The summed E-state index contributed by atoms with van der Waals surface area (Å²) in [5, 5.41) is 6.46. The number of ketones is 1. The molecule has 15 rings (SSSR count). The van der Waals surface area contributed by atoms with Crippen molar-refractivity contribution in [3.8, 4) is 17.2 Å². The van der Waals surface area contributed by atoms with Crippen LogP contribution < -0.4 is 19.8 Å². The molecule has 0 fully saturated rings. The van der Waals surface area contributed by atoms with Gasteiger partial charge in [0.15, 0.2) is 29.1 Å². The van der Waals surface area contributed by atoms with Gasteiger partial charge in [0, 0.05) is 29.5 Å². The quantitative estimate of drug-likeness (QED) is 0.0180. The second-order valence-electron chi connectivity index (χ2n) is 21.4. The van der Waals surface area contributed by atoms with Gasteiger partial charge >= 0.3 is 35.5 Å². The zero-order chi connectivity index (χ0) is 72.5. The number of Topliss-reactive ketones (excluding diaryl/α,β-unsaturated/α-hetero) is 1. The van der Waals surface area contributed by atoms with Crippen molar-refractivity contribution in [1.82, 2.24) is 0 Å². The first-order valence-electron chi connectivity index (χ1n) is 29.3. The van der Waals surface area contributed by atoms with Gasteiger partial charge in [-0.2, -0.15) is 0 Å². The molecule has 9 heterocycles. The van der Waals surface area contributed by atoms with Crippen molar-refractivity contribution in [2.75, 3.05) is 13.2 Å². The summed E-state index contributed by atoms with van der Waals surface area (Å²) in [5.74, 6) is -4.59. The molecule has 0 saturated carbocycles. The Labute approximate surface area is 672 Å². The lowest BCUT2D eigenvalue weighted by atomic mass is 9.87. The predicted octanol–water partition coefficient (Wildman–Crippen LogP) is 26.2. The van der Waals surface area contributed by atoms with Crippen molar-refractivity contribution < 1.29 is 74.4 Å². The molecule has 5 aromatic carbocycles. The van der Waals surface area contributed by atoms with E-state index in [-0.39, 0.29) is 49.4 Å². The number of ether oxygens (including phenoxy) is 5. The molecular formula is C69H36Br8F4O13S8. The SMILES string of the molecule is C/C=C/C(=O)OCCCCCCOC(=O)c1sc2c(Br)sc(Br)c2c1F.O=C(Oc1ccc2cc3ccccc3cc2c1)c1sc2c(Br)sc(Br)c2c1F.O=C(Oc1ccc2oc(=O)ccc2c1)c1sc2c(Br)sc(Br)c2c1F.O=C1Cc2ccc(OC(=O)c3sc4c(Br)sc(Br)c4c3F)cc21. The fraction of sp³-hybridized carbons (Fsp3) is 0.116. The number of halogens is 12. The molecule has 0 unspecified atom stereocenters. The minimum absolute atomic E-state index is 0.0000845. The van der Waals surface area contributed by atoms with Crippen LogP contribution in [0.15, 0.2) is 155 Å². The van der Waals surface area contributed by atoms with Gasteiger partial charge in [0.25, 0.3) is 0 Å². The molecule has 9 aromatic heterocycles. The van der Waals surface area contributed by atoms with Crippen molar-refractivity contribution in [3.05, 3.63) is 210 Å². The summed E-state index contributed by atoms with van der Waals surface area (Å²) in [6.07, 6.45) is 6.58. The first kappa shape index (κ1) is 76.4. The Hall–Kier alpha value is -5.21. The fourth-order valence-corrected chi connectivity index (χ4v) is 27.7. The van der Waals surface area contributed by atoms with Crippen LogP contribution in [0.3, 0.4) is 0 Å². The number of rotatable bonds is 15. The summed E-state index contributed by atoms with van der Waals surface area (Å²) >= 11 is 36.4. The van der Waals surface area contributed by atoms with Crippen LogP contribution in [0.25, 0.3) is 72.9 Å². The molecular weight excluding hydrogens is 2010 g/mol. The Morgan fingerprint density at radius 2 is 0.824 bits per heavy atom.